The lowest BCUT2D eigenvalue weighted by atomic mass is 9.79. The van der Waals surface area contributed by atoms with Crippen LogP contribution in [0.4, 0.5) is 0 Å². The molecule has 1 aromatic carbocycles. The van der Waals surface area contributed by atoms with Crippen LogP contribution in [-0.2, 0) is 10.3 Å². The molecule has 1 aliphatic rings. The van der Waals surface area contributed by atoms with Crippen molar-refractivity contribution in [3.63, 3.8) is 0 Å². The van der Waals surface area contributed by atoms with Crippen LogP contribution in [0.25, 0.3) is 0 Å². The van der Waals surface area contributed by atoms with Gasteiger partial charge in [-0.2, -0.15) is 0 Å². The van der Waals surface area contributed by atoms with Crippen LogP contribution in [0.1, 0.15) is 50.2 Å². The Morgan fingerprint density at radius 2 is 2.18 bits per heavy atom. The molecule has 1 fully saturated rings. The molecule has 0 bridgehead atoms. The monoisotopic (exact) mass is 234 g/mol. The molecule has 0 saturated heterocycles. The van der Waals surface area contributed by atoms with Gasteiger partial charge in [-0.1, -0.05) is 30.7 Å². The summed E-state index contributed by atoms with van der Waals surface area (Å²) in [6, 6.07) is 8.34. The minimum atomic E-state index is -0.879. The number of ether oxygens (including phenoxy) is 1. The maximum Gasteiger partial charge on any atom is 0.110 e. The second kappa shape index (κ2) is 5.19. The zero-order chi connectivity index (χ0) is 12.3. The van der Waals surface area contributed by atoms with E-state index in [0.29, 0.717) is 19.1 Å². The van der Waals surface area contributed by atoms with Crippen LogP contribution in [0.3, 0.4) is 0 Å². The topological polar surface area (TPSA) is 29.5 Å². The van der Waals surface area contributed by atoms with Crippen molar-refractivity contribution in [3.8, 4) is 0 Å². The second-order valence-corrected chi connectivity index (χ2v) is 5.16. The van der Waals surface area contributed by atoms with Gasteiger partial charge in [0.05, 0.1) is 6.61 Å². The molecule has 94 valence electrons. The summed E-state index contributed by atoms with van der Waals surface area (Å²) >= 11 is 0. The van der Waals surface area contributed by atoms with Crippen LogP contribution in [0.2, 0.25) is 0 Å². The molecule has 1 unspecified atom stereocenters. The highest BCUT2D eigenvalue weighted by atomic mass is 16.5. The van der Waals surface area contributed by atoms with Crippen molar-refractivity contribution in [3.05, 3.63) is 35.4 Å². The highest BCUT2D eigenvalue weighted by Gasteiger charge is 2.25. The van der Waals surface area contributed by atoms with Crippen molar-refractivity contribution in [2.45, 2.75) is 44.6 Å². The van der Waals surface area contributed by atoms with Crippen LogP contribution in [0.5, 0.6) is 0 Å². The van der Waals surface area contributed by atoms with Gasteiger partial charge in [-0.05, 0) is 43.7 Å². The maximum absolute atomic E-state index is 10.4. The molecule has 0 amide bonds. The average Bonchev–Trinajstić information content (AvgIpc) is 2.25. The van der Waals surface area contributed by atoms with E-state index in [1.54, 1.807) is 0 Å². The zero-order valence-electron chi connectivity index (χ0n) is 10.8. The molecular weight excluding hydrogens is 212 g/mol. The van der Waals surface area contributed by atoms with Crippen molar-refractivity contribution in [2.24, 2.45) is 0 Å². The summed E-state index contributed by atoms with van der Waals surface area (Å²) in [6.07, 6.45) is 3.92. The molecule has 2 rings (SSSR count). The molecule has 1 atom stereocenters. The number of rotatable bonds is 5. The van der Waals surface area contributed by atoms with E-state index >= 15 is 0 Å². The fourth-order valence-electron chi connectivity index (χ4n) is 2.25. The van der Waals surface area contributed by atoms with Crippen molar-refractivity contribution < 1.29 is 9.84 Å². The van der Waals surface area contributed by atoms with Gasteiger partial charge in [-0.15, -0.1) is 0 Å². The number of aliphatic hydroxyl groups is 1. The first-order valence-electron chi connectivity index (χ1n) is 6.54. The van der Waals surface area contributed by atoms with Gasteiger partial charge >= 0.3 is 0 Å². The van der Waals surface area contributed by atoms with E-state index in [9.17, 15) is 5.11 Å². The lowest BCUT2D eigenvalue weighted by molar-refractivity contribution is -0.0344. The predicted molar refractivity (Wildman–Crippen MR) is 69.1 cm³/mol. The molecule has 0 radical (unpaired) electrons. The molecule has 2 nitrogen and oxygen atoms in total. The highest BCUT2D eigenvalue weighted by Crippen LogP contribution is 2.37. The summed E-state index contributed by atoms with van der Waals surface area (Å²) in [5.41, 5.74) is 1.45. The van der Waals surface area contributed by atoms with Gasteiger partial charge in [0.15, 0.2) is 0 Å². The van der Waals surface area contributed by atoms with E-state index in [0.717, 1.165) is 5.56 Å². The summed E-state index contributed by atoms with van der Waals surface area (Å²) in [7, 11) is 0. The summed E-state index contributed by atoms with van der Waals surface area (Å²) < 4.78 is 5.34. The Balaban J connectivity index is 2.13. The molecule has 2 heteroatoms. The first-order chi connectivity index (χ1) is 8.13. The number of hydrogen-bond acceptors (Lipinski definition) is 2. The molecule has 1 aromatic rings. The van der Waals surface area contributed by atoms with Gasteiger partial charge < -0.3 is 9.84 Å². The third-order valence-electron chi connectivity index (χ3n) is 3.67. The first-order valence-corrected chi connectivity index (χ1v) is 6.54. The van der Waals surface area contributed by atoms with E-state index in [4.69, 9.17) is 4.74 Å². The Morgan fingerprint density at radius 1 is 1.41 bits per heavy atom. The quantitative estimate of drug-likeness (QED) is 0.847. The predicted octanol–water partition coefficient (Wildman–Crippen LogP) is 3.20. The summed E-state index contributed by atoms with van der Waals surface area (Å²) in [5, 5.41) is 10.4. The van der Waals surface area contributed by atoms with Gasteiger partial charge in [0.2, 0.25) is 0 Å². The number of benzene rings is 1. The molecule has 0 spiro atoms. The molecule has 1 aliphatic carbocycles. The van der Waals surface area contributed by atoms with Gasteiger partial charge in [-0.3, -0.25) is 0 Å². The van der Waals surface area contributed by atoms with Crippen molar-refractivity contribution in [2.75, 3.05) is 13.2 Å². The van der Waals surface area contributed by atoms with Gasteiger partial charge in [0, 0.05) is 6.61 Å². The molecule has 17 heavy (non-hydrogen) atoms. The highest BCUT2D eigenvalue weighted by molar-refractivity contribution is 5.31. The Labute approximate surface area is 104 Å². The zero-order valence-corrected chi connectivity index (χ0v) is 10.8. The summed E-state index contributed by atoms with van der Waals surface area (Å²) in [5.74, 6) is 0.706. The normalized spacial score (nSPS) is 19.7. The Kier molecular flexibility index (Phi) is 3.85. The van der Waals surface area contributed by atoms with E-state index in [1.807, 2.05) is 26.0 Å². The standard InChI is InChI=1S/C15H22O2/c1-3-17-11-15(2,16)14-9-5-8-13(10-14)12-6-4-7-12/h5,8-10,12,16H,3-4,6-7,11H2,1-2H3. The molecule has 1 saturated carbocycles. The maximum atomic E-state index is 10.4. The van der Waals surface area contributed by atoms with E-state index in [-0.39, 0.29) is 0 Å². The molecule has 0 aromatic heterocycles. The van der Waals surface area contributed by atoms with Crippen LogP contribution >= 0.6 is 0 Å². The average molecular weight is 234 g/mol. The summed E-state index contributed by atoms with van der Waals surface area (Å²) in [4.78, 5) is 0. The van der Waals surface area contributed by atoms with Crippen LogP contribution in [-0.4, -0.2) is 18.3 Å². The van der Waals surface area contributed by atoms with Crippen LogP contribution in [0, 0.1) is 0 Å². The van der Waals surface area contributed by atoms with Crippen molar-refractivity contribution in [1.29, 1.82) is 0 Å². The molecule has 1 N–H and O–H groups in total. The minimum absolute atomic E-state index is 0.359. The first kappa shape index (κ1) is 12.6. The van der Waals surface area contributed by atoms with E-state index in [2.05, 4.69) is 12.1 Å². The van der Waals surface area contributed by atoms with Gasteiger partial charge in [0.25, 0.3) is 0 Å². The smallest absolute Gasteiger partial charge is 0.110 e. The largest absolute Gasteiger partial charge is 0.383 e. The minimum Gasteiger partial charge on any atom is -0.383 e. The van der Waals surface area contributed by atoms with Crippen molar-refractivity contribution in [1.82, 2.24) is 0 Å². The Hall–Kier alpha value is -0.860. The fourth-order valence-corrected chi connectivity index (χ4v) is 2.25. The van der Waals surface area contributed by atoms with Gasteiger partial charge in [0.1, 0.15) is 5.60 Å². The van der Waals surface area contributed by atoms with Crippen LogP contribution in [0.15, 0.2) is 24.3 Å². The van der Waals surface area contributed by atoms with Gasteiger partial charge in [-0.25, -0.2) is 0 Å². The SMILES string of the molecule is CCOCC(C)(O)c1cccc(C2CCC2)c1. The lowest BCUT2D eigenvalue weighted by Crippen LogP contribution is -2.28. The second-order valence-electron chi connectivity index (χ2n) is 5.16. The third-order valence-corrected chi connectivity index (χ3v) is 3.67. The fraction of sp³-hybridized carbons (Fsp3) is 0.600. The van der Waals surface area contributed by atoms with Crippen molar-refractivity contribution >= 4 is 0 Å². The van der Waals surface area contributed by atoms with E-state index in [1.165, 1.54) is 24.8 Å². The molecule has 0 heterocycles. The van der Waals surface area contributed by atoms with E-state index < -0.39 is 5.60 Å². The Bertz CT molecular complexity index is 367. The number of hydrogen-bond donors (Lipinski definition) is 1. The van der Waals surface area contributed by atoms with Crippen LogP contribution < -0.4 is 0 Å². The molecular formula is C15H22O2. The summed E-state index contributed by atoms with van der Waals surface area (Å²) in [6.45, 7) is 4.76. The Morgan fingerprint density at radius 3 is 2.76 bits per heavy atom. The lowest BCUT2D eigenvalue weighted by Gasteiger charge is -2.29. The molecule has 0 aliphatic heterocycles. The third kappa shape index (κ3) is 2.88.